The van der Waals surface area contributed by atoms with Gasteiger partial charge in [-0.3, -0.25) is 9.89 Å². The highest BCUT2D eigenvalue weighted by Crippen LogP contribution is 2.26. The number of alkyl halides is 1. The van der Waals surface area contributed by atoms with Crippen LogP contribution < -0.4 is 10.6 Å². The van der Waals surface area contributed by atoms with Gasteiger partial charge in [0.15, 0.2) is 11.5 Å². The maximum atomic E-state index is 14.3. The van der Waals surface area contributed by atoms with Crippen LogP contribution in [0.4, 0.5) is 15.9 Å². The summed E-state index contributed by atoms with van der Waals surface area (Å²) < 4.78 is 15.8. The molecular formula is C27H24FN9O2. The van der Waals surface area contributed by atoms with E-state index in [4.69, 9.17) is 5.26 Å². The predicted molar refractivity (Wildman–Crippen MR) is 142 cm³/mol. The van der Waals surface area contributed by atoms with Gasteiger partial charge in [-0.15, -0.1) is 0 Å². The molecule has 0 aliphatic carbocycles. The lowest BCUT2D eigenvalue weighted by Gasteiger charge is -2.22. The Morgan fingerprint density at radius 2 is 1.97 bits per heavy atom. The lowest BCUT2D eigenvalue weighted by atomic mass is 10.0. The molecule has 0 radical (unpaired) electrons. The van der Waals surface area contributed by atoms with Gasteiger partial charge >= 0.3 is 0 Å². The molecule has 1 amide bonds. The molecule has 1 unspecified atom stereocenters. The summed E-state index contributed by atoms with van der Waals surface area (Å²) in [6.45, 7) is 2.27. The first-order chi connectivity index (χ1) is 18.7. The molecule has 1 atom stereocenters. The van der Waals surface area contributed by atoms with Gasteiger partial charge in [-0.1, -0.05) is 30.3 Å². The number of nitriles is 1. The summed E-state index contributed by atoms with van der Waals surface area (Å²) in [6.07, 6.45) is 2.67. The Morgan fingerprint density at radius 1 is 1.18 bits per heavy atom. The second-order valence-corrected chi connectivity index (χ2v) is 9.38. The number of nitrogens with zero attached hydrogens (tertiary/aromatic N) is 6. The fourth-order valence-electron chi connectivity index (χ4n) is 3.81. The van der Waals surface area contributed by atoms with Crippen LogP contribution in [0.3, 0.4) is 0 Å². The fourth-order valence-corrected chi connectivity index (χ4v) is 3.81. The van der Waals surface area contributed by atoms with E-state index in [1.54, 1.807) is 24.4 Å². The summed E-state index contributed by atoms with van der Waals surface area (Å²) in [4.78, 5) is 21.8. The molecule has 4 aromatic heterocycles. The zero-order chi connectivity index (χ0) is 27.6. The standard InChI is InChI=1S/C27H24FN9O2/c1-27(2,39)22(28)15-32-26(38)19-14-30-24(37-25-18(13-33-37)8-16(11-29)12-31-25)10-21(19)34-23-9-20(35-36-23)17-6-4-3-5-7-17/h3-10,12-14,22,39H,15H2,1-2H3,(H,32,38)(H2,30,34,35,36). The van der Waals surface area contributed by atoms with Crippen molar-refractivity contribution in [2.24, 2.45) is 0 Å². The van der Waals surface area contributed by atoms with Crippen molar-refractivity contribution in [2.45, 2.75) is 25.6 Å². The average molecular weight is 526 g/mol. The van der Waals surface area contributed by atoms with Crippen molar-refractivity contribution in [1.82, 2.24) is 35.3 Å². The van der Waals surface area contributed by atoms with Gasteiger partial charge < -0.3 is 15.7 Å². The zero-order valence-electron chi connectivity index (χ0n) is 21.1. The van der Waals surface area contributed by atoms with Crippen molar-refractivity contribution in [3.63, 3.8) is 0 Å². The van der Waals surface area contributed by atoms with Crippen molar-refractivity contribution in [3.8, 4) is 23.1 Å². The maximum absolute atomic E-state index is 14.3. The van der Waals surface area contributed by atoms with Crippen molar-refractivity contribution >= 4 is 28.4 Å². The number of pyridine rings is 2. The Balaban J connectivity index is 1.50. The number of halogens is 1. The van der Waals surface area contributed by atoms with E-state index >= 15 is 0 Å². The molecule has 0 spiro atoms. The third-order valence-corrected chi connectivity index (χ3v) is 6.01. The number of benzene rings is 1. The number of H-pyrrole nitrogens is 1. The van der Waals surface area contributed by atoms with E-state index < -0.39 is 17.7 Å². The number of rotatable bonds is 8. The minimum absolute atomic E-state index is 0.133. The minimum Gasteiger partial charge on any atom is -0.387 e. The lowest BCUT2D eigenvalue weighted by Crippen LogP contribution is -2.42. The van der Waals surface area contributed by atoms with Crippen molar-refractivity contribution in [3.05, 3.63) is 78.2 Å². The molecule has 5 aromatic rings. The van der Waals surface area contributed by atoms with Gasteiger partial charge in [0, 0.05) is 35.5 Å². The molecule has 0 fully saturated rings. The SMILES string of the molecule is CC(C)(O)C(F)CNC(=O)c1cnc(-n2ncc3cc(C#N)cnc32)cc1Nc1cc(-c2ccccc2)n[nH]1. The molecule has 4 N–H and O–H groups in total. The normalized spacial score (nSPS) is 12.2. The molecule has 0 aliphatic rings. The largest absolute Gasteiger partial charge is 0.387 e. The number of hydrogen-bond donors (Lipinski definition) is 4. The second kappa shape index (κ2) is 10.3. The third-order valence-electron chi connectivity index (χ3n) is 6.01. The highest BCUT2D eigenvalue weighted by molar-refractivity contribution is 6.00. The Labute approximate surface area is 222 Å². The fraction of sp³-hybridized carbons (Fsp3) is 0.185. The molecular weight excluding hydrogens is 501 g/mol. The van der Waals surface area contributed by atoms with E-state index in [1.165, 1.54) is 30.9 Å². The average Bonchev–Trinajstić information content (AvgIpc) is 3.58. The topological polar surface area (TPSA) is 157 Å². The number of carbonyl (C=O) groups is 1. The highest BCUT2D eigenvalue weighted by atomic mass is 19.1. The first kappa shape index (κ1) is 25.5. The summed E-state index contributed by atoms with van der Waals surface area (Å²) in [5.74, 6) is 0.263. The van der Waals surface area contributed by atoms with Crippen LogP contribution in [-0.2, 0) is 0 Å². The van der Waals surface area contributed by atoms with E-state index in [1.807, 2.05) is 36.4 Å². The summed E-state index contributed by atoms with van der Waals surface area (Å²) in [6, 6.07) is 16.7. The quantitative estimate of drug-likeness (QED) is 0.239. The number of aliphatic hydroxyl groups is 1. The van der Waals surface area contributed by atoms with Crippen LogP contribution in [-0.4, -0.2) is 59.3 Å². The summed E-state index contributed by atoms with van der Waals surface area (Å²) in [7, 11) is 0. The van der Waals surface area contributed by atoms with Crippen LogP contribution in [0.2, 0.25) is 0 Å². The van der Waals surface area contributed by atoms with Crippen LogP contribution in [0.25, 0.3) is 28.1 Å². The predicted octanol–water partition coefficient (Wildman–Crippen LogP) is 3.66. The van der Waals surface area contributed by atoms with Crippen LogP contribution in [0.5, 0.6) is 0 Å². The molecule has 12 heteroatoms. The van der Waals surface area contributed by atoms with Gasteiger partial charge in [0.1, 0.15) is 18.1 Å². The molecule has 0 bridgehead atoms. The Morgan fingerprint density at radius 3 is 2.72 bits per heavy atom. The number of aromatic amines is 1. The number of nitrogens with one attached hydrogen (secondary N) is 3. The van der Waals surface area contributed by atoms with Gasteiger partial charge in [-0.2, -0.15) is 20.1 Å². The second-order valence-electron chi connectivity index (χ2n) is 9.38. The number of carbonyl (C=O) groups excluding carboxylic acids is 1. The minimum atomic E-state index is -1.68. The molecule has 0 saturated heterocycles. The molecule has 11 nitrogen and oxygen atoms in total. The summed E-state index contributed by atoms with van der Waals surface area (Å²) in [5.41, 5.74) is 1.34. The maximum Gasteiger partial charge on any atom is 0.255 e. The van der Waals surface area contributed by atoms with E-state index in [0.29, 0.717) is 39.6 Å². The van der Waals surface area contributed by atoms with Crippen molar-refractivity contribution < 1.29 is 14.3 Å². The van der Waals surface area contributed by atoms with Crippen molar-refractivity contribution in [1.29, 1.82) is 5.26 Å². The van der Waals surface area contributed by atoms with E-state index in [2.05, 4.69) is 35.9 Å². The van der Waals surface area contributed by atoms with Gasteiger partial charge in [0.05, 0.1) is 40.9 Å². The molecule has 39 heavy (non-hydrogen) atoms. The van der Waals surface area contributed by atoms with E-state index in [9.17, 15) is 14.3 Å². The molecule has 0 saturated carbocycles. The Bertz CT molecular complexity index is 1680. The smallest absolute Gasteiger partial charge is 0.255 e. The number of fused-ring (bicyclic) bond motifs is 1. The third kappa shape index (κ3) is 5.43. The van der Waals surface area contributed by atoms with Gasteiger partial charge in [0.25, 0.3) is 5.91 Å². The Kier molecular flexibility index (Phi) is 6.74. The monoisotopic (exact) mass is 525 g/mol. The number of amides is 1. The molecule has 1 aromatic carbocycles. The molecule has 4 heterocycles. The first-order valence-electron chi connectivity index (χ1n) is 12.0. The number of aromatic nitrogens is 6. The van der Waals surface area contributed by atoms with Crippen LogP contribution >= 0.6 is 0 Å². The van der Waals surface area contributed by atoms with E-state index in [0.717, 1.165) is 5.56 Å². The lowest BCUT2D eigenvalue weighted by molar-refractivity contribution is -0.00177. The van der Waals surface area contributed by atoms with Crippen LogP contribution in [0.15, 0.2) is 67.1 Å². The molecule has 0 aliphatic heterocycles. The highest BCUT2D eigenvalue weighted by Gasteiger charge is 2.27. The number of hydrogen-bond acceptors (Lipinski definition) is 8. The number of anilines is 2. The van der Waals surface area contributed by atoms with Crippen molar-refractivity contribution in [2.75, 3.05) is 11.9 Å². The molecule has 5 rings (SSSR count). The summed E-state index contributed by atoms with van der Waals surface area (Å²) in [5, 5.41) is 37.0. The first-order valence-corrected chi connectivity index (χ1v) is 12.0. The van der Waals surface area contributed by atoms with Crippen LogP contribution in [0, 0.1) is 11.3 Å². The molecule has 196 valence electrons. The van der Waals surface area contributed by atoms with Crippen LogP contribution in [0.1, 0.15) is 29.8 Å². The Hall–Kier alpha value is -5.15. The summed E-state index contributed by atoms with van der Waals surface area (Å²) >= 11 is 0. The zero-order valence-corrected chi connectivity index (χ0v) is 21.1. The van der Waals surface area contributed by atoms with Gasteiger partial charge in [-0.25, -0.2) is 14.4 Å². The van der Waals surface area contributed by atoms with Gasteiger partial charge in [0.2, 0.25) is 0 Å². The van der Waals surface area contributed by atoms with Gasteiger partial charge in [-0.05, 0) is 19.9 Å². The van der Waals surface area contributed by atoms with E-state index in [-0.39, 0.29) is 12.1 Å².